The Hall–Kier alpha value is -1.01. The number of halogens is 1. The van der Waals surface area contributed by atoms with E-state index in [2.05, 4.69) is 5.10 Å². The van der Waals surface area contributed by atoms with Gasteiger partial charge in [-0.25, -0.2) is 0 Å². The molecule has 13 heavy (non-hydrogen) atoms. The van der Waals surface area contributed by atoms with Crippen molar-refractivity contribution in [2.75, 3.05) is 0 Å². The summed E-state index contributed by atoms with van der Waals surface area (Å²) in [6.45, 7) is 6.41. The molecule has 3 nitrogen and oxygen atoms in total. The molecule has 1 aromatic rings. The second-order valence-corrected chi connectivity index (χ2v) is 3.60. The van der Waals surface area contributed by atoms with Gasteiger partial charge < -0.3 is 0 Å². The van der Waals surface area contributed by atoms with Gasteiger partial charge in [0.25, 0.3) is 0 Å². The van der Waals surface area contributed by atoms with Gasteiger partial charge in [0, 0.05) is 5.69 Å². The van der Waals surface area contributed by atoms with Crippen LogP contribution in [0.3, 0.4) is 0 Å². The van der Waals surface area contributed by atoms with Crippen molar-refractivity contribution in [1.29, 1.82) is 5.26 Å². The maximum absolute atomic E-state index is 8.54. The highest BCUT2D eigenvalue weighted by Crippen LogP contribution is 2.12. The number of hydrogen-bond acceptors (Lipinski definition) is 2. The minimum Gasteiger partial charge on any atom is -0.267 e. The zero-order chi connectivity index (χ0) is 10.0. The third-order valence-electron chi connectivity index (χ3n) is 2.22. The fourth-order valence-corrected chi connectivity index (χ4v) is 1.29. The van der Waals surface area contributed by atoms with Crippen molar-refractivity contribution in [1.82, 2.24) is 9.78 Å². The molecule has 1 unspecified atom stereocenters. The van der Waals surface area contributed by atoms with Crippen molar-refractivity contribution in [2.45, 2.75) is 32.7 Å². The van der Waals surface area contributed by atoms with E-state index in [1.54, 1.807) is 4.68 Å². The van der Waals surface area contributed by atoms with Crippen LogP contribution in [-0.4, -0.2) is 15.2 Å². The Morgan fingerprint density at radius 1 is 1.54 bits per heavy atom. The first-order valence-electron chi connectivity index (χ1n) is 4.10. The normalized spacial score (nSPS) is 12.5. The third-order valence-corrected chi connectivity index (χ3v) is 2.45. The molecule has 1 atom stereocenters. The summed E-state index contributed by atoms with van der Waals surface area (Å²) in [6.07, 6.45) is 0. The van der Waals surface area contributed by atoms with E-state index < -0.39 is 5.38 Å². The average Bonchev–Trinajstić information content (AvgIpc) is 2.34. The van der Waals surface area contributed by atoms with E-state index in [9.17, 15) is 0 Å². The van der Waals surface area contributed by atoms with Gasteiger partial charge in [-0.1, -0.05) is 0 Å². The number of nitriles is 1. The van der Waals surface area contributed by atoms with Gasteiger partial charge in [0.1, 0.15) is 5.38 Å². The zero-order valence-corrected chi connectivity index (χ0v) is 8.76. The average molecular weight is 198 g/mol. The van der Waals surface area contributed by atoms with Crippen LogP contribution in [0.5, 0.6) is 0 Å². The predicted octanol–water partition coefficient (Wildman–Crippen LogP) is 1.94. The summed E-state index contributed by atoms with van der Waals surface area (Å²) in [5.41, 5.74) is 3.25. The Balaban J connectivity index is 2.91. The Labute approximate surface area is 82.9 Å². The zero-order valence-electron chi connectivity index (χ0n) is 8.00. The van der Waals surface area contributed by atoms with Crippen LogP contribution in [0.1, 0.15) is 17.0 Å². The fourth-order valence-electron chi connectivity index (χ4n) is 1.16. The molecule has 4 heteroatoms. The van der Waals surface area contributed by atoms with Crippen LogP contribution in [0, 0.1) is 32.1 Å². The number of aromatic nitrogens is 2. The molecular weight excluding hydrogens is 186 g/mol. The van der Waals surface area contributed by atoms with E-state index in [0.29, 0.717) is 6.54 Å². The van der Waals surface area contributed by atoms with E-state index in [0.717, 1.165) is 11.4 Å². The number of nitrogens with zero attached hydrogens (tertiary/aromatic N) is 3. The van der Waals surface area contributed by atoms with E-state index in [4.69, 9.17) is 16.9 Å². The standard InChI is InChI=1S/C9H12ClN3/c1-6-7(2)12-13(8(6)3)5-9(10)4-11/h9H,5H2,1-3H3. The molecule has 0 fully saturated rings. The summed E-state index contributed by atoms with van der Waals surface area (Å²) in [5, 5.41) is 12.3. The maximum atomic E-state index is 8.54. The highest BCUT2D eigenvalue weighted by atomic mass is 35.5. The van der Waals surface area contributed by atoms with E-state index in [1.807, 2.05) is 26.8 Å². The van der Waals surface area contributed by atoms with Crippen molar-refractivity contribution in [3.63, 3.8) is 0 Å². The quantitative estimate of drug-likeness (QED) is 0.680. The Morgan fingerprint density at radius 2 is 2.15 bits per heavy atom. The molecule has 0 aromatic carbocycles. The van der Waals surface area contributed by atoms with Crippen LogP contribution in [0.2, 0.25) is 0 Å². The largest absolute Gasteiger partial charge is 0.267 e. The lowest BCUT2D eigenvalue weighted by molar-refractivity contribution is 0.609. The van der Waals surface area contributed by atoms with Gasteiger partial charge in [-0.15, -0.1) is 11.6 Å². The highest BCUT2D eigenvalue weighted by molar-refractivity contribution is 6.22. The summed E-state index contributed by atoms with van der Waals surface area (Å²) in [7, 11) is 0. The maximum Gasteiger partial charge on any atom is 0.140 e. The van der Waals surface area contributed by atoms with Gasteiger partial charge in [0.15, 0.2) is 0 Å². The molecule has 0 N–H and O–H groups in total. The van der Waals surface area contributed by atoms with E-state index in [1.165, 1.54) is 5.56 Å². The van der Waals surface area contributed by atoms with E-state index in [-0.39, 0.29) is 0 Å². The van der Waals surface area contributed by atoms with Gasteiger partial charge in [0.05, 0.1) is 18.3 Å². The molecule has 70 valence electrons. The van der Waals surface area contributed by atoms with Crippen LogP contribution >= 0.6 is 11.6 Å². The minimum atomic E-state index is -0.502. The lowest BCUT2D eigenvalue weighted by atomic mass is 10.2. The summed E-state index contributed by atoms with van der Waals surface area (Å²) >= 11 is 5.71. The molecule has 0 amide bonds. The van der Waals surface area contributed by atoms with Gasteiger partial charge in [-0.05, 0) is 26.3 Å². The molecule has 1 heterocycles. The lowest BCUT2D eigenvalue weighted by Gasteiger charge is -2.03. The molecule has 0 radical (unpaired) electrons. The van der Waals surface area contributed by atoms with Crippen molar-refractivity contribution in [2.24, 2.45) is 0 Å². The molecule has 0 saturated carbocycles. The topological polar surface area (TPSA) is 41.6 Å². The van der Waals surface area contributed by atoms with Crippen molar-refractivity contribution in [3.05, 3.63) is 17.0 Å². The second kappa shape index (κ2) is 3.80. The first-order valence-corrected chi connectivity index (χ1v) is 4.54. The number of rotatable bonds is 2. The van der Waals surface area contributed by atoms with Crippen LogP contribution in [0.15, 0.2) is 0 Å². The number of alkyl halides is 1. The first kappa shape index (κ1) is 10.1. The SMILES string of the molecule is Cc1nn(CC(Cl)C#N)c(C)c1C. The monoisotopic (exact) mass is 197 g/mol. The molecule has 1 rings (SSSR count). The van der Waals surface area contributed by atoms with Crippen LogP contribution < -0.4 is 0 Å². The van der Waals surface area contributed by atoms with E-state index >= 15 is 0 Å². The van der Waals surface area contributed by atoms with Crippen molar-refractivity contribution >= 4 is 11.6 Å². The Morgan fingerprint density at radius 3 is 2.54 bits per heavy atom. The number of hydrogen-bond donors (Lipinski definition) is 0. The first-order chi connectivity index (χ1) is 6.06. The second-order valence-electron chi connectivity index (χ2n) is 3.07. The molecule has 0 aliphatic rings. The lowest BCUT2D eigenvalue weighted by Crippen LogP contribution is -2.11. The van der Waals surface area contributed by atoms with Crippen LogP contribution in [0.4, 0.5) is 0 Å². The van der Waals surface area contributed by atoms with Gasteiger partial charge in [0.2, 0.25) is 0 Å². The van der Waals surface area contributed by atoms with Crippen LogP contribution in [-0.2, 0) is 6.54 Å². The molecule has 0 spiro atoms. The fraction of sp³-hybridized carbons (Fsp3) is 0.556. The molecular formula is C9H12ClN3. The Bertz CT molecular complexity index is 348. The minimum absolute atomic E-state index is 0.457. The molecule has 0 aliphatic carbocycles. The number of aryl methyl sites for hydroxylation is 1. The van der Waals surface area contributed by atoms with Gasteiger partial charge in [-0.2, -0.15) is 10.4 Å². The Kier molecular flexibility index (Phi) is 2.94. The molecule has 0 saturated heterocycles. The third kappa shape index (κ3) is 2.02. The van der Waals surface area contributed by atoms with Crippen molar-refractivity contribution in [3.8, 4) is 6.07 Å². The highest BCUT2D eigenvalue weighted by Gasteiger charge is 2.10. The predicted molar refractivity (Wildman–Crippen MR) is 51.7 cm³/mol. The van der Waals surface area contributed by atoms with Gasteiger partial charge >= 0.3 is 0 Å². The molecule has 1 aromatic heterocycles. The summed E-state index contributed by atoms with van der Waals surface area (Å²) in [5.74, 6) is 0. The smallest absolute Gasteiger partial charge is 0.140 e. The van der Waals surface area contributed by atoms with Crippen LogP contribution in [0.25, 0.3) is 0 Å². The molecule has 0 aliphatic heterocycles. The summed E-state index contributed by atoms with van der Waals surface area (Å²) < 4.78 is 1.78. The van der Waals surface area contributed by atoms with Crippen molar-refractivity contribution < 1.29 is 0 Å². The summed E-state index contributed by atoms with van der Waals surface area (Å²) in [4.78, 5) is 0. The summed E-state index contributed by atoms with van der Waals surface area (Å²) in [6, 6.07) is 1.97. The molecule has 0 bridgehead atoms. The van der Waals surface area contributed by atoms with Gasteiger partial charge in [-0.3, -0.25) is 4.68 Å².